The second-order valence-electron chi connectivity index (χ2n) is 5.30. The molecule has 1 unspecified atom stereocenters. The maximum Gasteiger partial charge on any atom is 0.289 e. The lowest BCUT2D eigenvalue weighted by atomic mass is 10.1. The van der Waals surface area contributed by atoms with Crippen LogP contribution in [0, 0.1) is 6.92 Å². The molecule has 112 valence electrons. The third-order valence-corrected chi connectivity index (χ3v) is 4.08. The monoisotopic (exact) mass is 288 g/mol. The van der Waals surface area contributed by atoms with Crippen molar-refractivity contribution in [2.75, 3.05) is 26.2 Å². The number of piperazine rings is 1. The summed E-state index contributed by atoms with van der Waals surface area (Å²) in [6.45, 7) is 7.14. The number of amides is 1. The van der Waals surface area contributed by atoms with Gasteiger partial charge in [0.05, 0.1) is 12.3 Å². The molecule has 0 aliphatic carbocycles. The fourth-order valence-corrected chi connectivity index (χ4v) is 2.84. The van der Waals surface area contributed by atoms with E-state index in [1.54, 1.807) is 12.5 Å². The topological polar surface area (TPSA) is 65.4 Å². The van der Waals surface area contributed by atoms with E-state index < -0.39 is 0 Å². The molecule has 1 aliphatic heterocycles. The summed E-state index contributed by atoms with van der Waals surface area (Å²) in [6, 6.07) is 1.93. The largest absolute Gasteiger partial charge is 0.459 e. The van der Waals surface area contributed by atoms with Crippen LogP contribution in [0.3, 0.4) is 0 Å². The van der Waals surface area contributed by atoms with Gasteiger partial charge >= 0.3 is 0 Å². The third-order valence-electron chi connectivity index (χ3n) is 4.08. The van der Waals surface area contributed by atoms with Gasteiger partial charge in [-0.2, -0.15) is 0 Å². The van der Waals surface area contributed by atoms with Crippen LogP contribution in [0.4, 0.5) is 0 Å². The van der Waals surface area contributed by atoms with Crippen LogP contribution in [0.15, 0.2) is 29.1 Å². The Kier molecular flexibility index (Phi) is 3.79. The number of likely N-dealkylation sites (N-methyl/N-ethyl adjacent to an activating group) is 1. The van der Waals surface area contributed by atoms with Gasteiger partial charge in [-0.3, -0.25) is 9.69 Å². The molecule has 2 aromatic heterocycles. The number of nitrogens with one attached hydrogen (secondary N) is 1. The van der Waals surface area contributed by atoms with E-state index in [1.807, 2.05) is 24.1 Å². The summed E-state index contributed by atoms with van der Waals surface area (Å²) in [7, 11) is 0. The number of nitrogens with zero attached hydrogens (tertiary/aromatic N) is 3. The summed E-state index contributed by atoms with van der Waals surface area (Å²) >= 11 is 0. The number of furan rings is 1. The molecular weight excluding hydrogens is 268 g/mol. The van der Waals surface area contributed by atoms with Crippen molar-refractivity contribution in [2.45, 2.75) is 19.9 Å². The van der Waals surface area contributed by atoms with Crippen molar-refractivity contribution in [3.8, 4) is 0 Å². The summed E-state index contributed by atoms with van der Waals surface area (Å²) in [6.07, 6.45) is 5.14. The van der Waals surface area contributed by atoms with E-state index in [0.29, 0.717) is 18.8 Å². The Morgan fingerprint density at radius 2 is 2.38 bits per heavy atom. The van der Waals surface area contributed by atoms with Gasteiger partial charge in [0, 0.05) is 37.6 Å². The Morgan fingerprint density at radius 1 is 1.52 bits per heavy atom. The van der Waals surface area contributed by atoms with Crippen molar-refractivity contribution in [1.29, 1.82) is 0 Å². The molecule has 0 radical (unpaired) electrons. The lowest BCUT2D eigenvalue weighted by Gasteiger charge is -2.39. The SMILES string of the molecule is CCN1CCN(C(=O)c2occc2C)CC1c1ncc[nH]1. The molecule has 1 aliphatic rings. The van der Waals surface area contributed by atoms with Crippen LogP contribution < -0.4 is 0 Å². The van der Waals surface area contributed by atoms with Crippen LogP contribution in [-0.4, -0.2) is 51.9 Å². The van der Waals surface area contributed by atoms with Gasteiger partial charge in [0.1, 0.15) is 5.82 Å². The van der Waals surface area contributed by atoms with Gasteiger partial charge < -0.3 is 14.3 Å². The number of hydrogen-bond acceptors (Lipinski definition) is 4. The van der Waals surface area contributed by atoms with E-state index in [9.17, 15) is 4.79 Å². The normalized spacial score (nSPS) is 19.9. The number of carbonyl (C=O) groups excluding carboxylic acids is 1. The van der Waals surface area contributed by atoms with Gasteiger partial charge in [-0.15, -0.1) is 0 Å². The van der Waals surface area contributed by atoms with E-state index in [0.717, 1.165) is 24.5 Å². The molecule has 1 saturated heterocycles. The van der Waals surface area contributed by atoms with Crippen molar-refractivity contribution in [2.24, 2.45) is 0 Å². The molecule has 0 saturated carbocycles. The number of rotatable bonds is 3. The van der Waals surface area contributed by atoms with E-state index in [2.05, 4.69) is 21.8 Å². The van der Waals surface area contributed by atoms with Crippen LogP contribution in [0.25, 0.3) is 0 Å². The molecule has 6 heteroatoms. The van der Waals surface area contributed by atoms with Gasteiger partial charge in [-0.1, -0.05) is 6.92 Å². The number of carbonyl (C=O) groups is 1. The number of hydrogen-bond donors (Lipinski definition) is 1. The van der Waals surface area contributed by atoms with Crippen molar-refractivity contribution < 1.29 is 9.21 Å². The lowest BCUT2D eigenvalue weighted by Crippen LogP contribution is -2.50. The molecule has 21 heavy (non-hydrogen) atoms. The van der Waals surface area contributed by atoms with Crippen molar-refractivity contribution in [1.82, 2.24) is 19.8 Å². The fourth-order valence-electron chi connectivity index (χ4n) is 2.84. The second-order valence-corrected chi connectivity index (χ2v) is 5.30. The second kappa shape index (κ2) is 5.73. The molecule has 3 heterocycles. The molecule has 0 spiro atoms. The molecular formula is C15H20N4O2. The highest BCUT2D eigenvalue weighted by Gasteiger charge is 2.32. The van der Waals surface area contributed by atoms with E-state index in [-0.39, 0.29) is 11.9 Å². The summed E-state index contributed by atoms with van der Waals surface area (Å²) in [5.74, 6) is 1.31. The number of aryl methyl sites for hydroxylation is 1. The van der Waals surface area contributed by atoms with E-state index in [4.69, 9.17) is 4.42 Å². The zero-order chi connectivity index (χ0) is 14.8. The van der Waals surface area contributed by atoms with Crippen LogP contribution in [0.2, 0.25) is 0 Å². The maximum absolute atomic E-state index is 12.6. The molecule has 2 aromatic rings. The van der Waals surface area contributed by atoms with Crippen molar-refractivity contribution >= 4 is 5.91 Å². The van der Waals surface area contributed by atoms with Crippen molar-refractivity contribution in [3.05, 3.63) is 41.9 Å². The Morgan fingerprint density at radius 3 is 3.00 bits per heavy atom. The lowest BCUT2D eigenvalue weighted by molar-refractivity contribution is 0.0452. The van der Waals surface area contributed by atoms with E-state index in [1.165, 1.54) is 0 Å². The number of imidazole rings is 1. The first-order valence-corrected chi connectivity index (χ1v) is 7.27. The smallest absolute Gasteiger partial charge is 0.289 e. The Labute approximate surface area is 123 Å². The van der Waals surface area contributed by atoms with Gasteiger partial charge in [0.2, 0.25) is 0 Å². The number of aromatic amines is 1. The minimum absolute atomic E-state index is 0.0372. The summed E-state index contributed by atoms with van der Waals surface area (Å²) in [5, 5.41) is 0. The Bertz CT molecular complexity index is 605. The highest BCUT2D eigenvalue weighted by atomic mass is 16.3. The standard InChI is InChI=1S/C15H20N4O2/c1-3-18-7-8-19(10-12(18)14-16-5-6-17-14)15(20)13-11(2)4-9-21-13/h4-6,9,12H,3,7-8,10H2,1-2H3,(H,16,17). The number of H-pyrrole nitrogens is 1. The average molecular weight is 288 g/mol. The maximum atomic E-state index is 12.6. The minimum Gasteiger partial charge on any atom is -0.459 e. The highest BCUT2D eigenvalue weighted by Crippen LogP contribution is 2.24. The molecule has 1 fully saturated rings. The summed E-state index contributed by atoms with van der Waals surface area (Å²) in [4.78, 5) is 24.3. The van der Waals surface area contributed by atoms with Crippen LogP contribution in [0.1, 0.15) is 34.9 Å². The van der Waals surface area contributed by atoms with Crippen LogP contribution in [0.5, 0.6) is 0 Å². The zero-order valence-corrected chi connectivity index (χ0v) is 12.4. The molecule has 3 rings (SSSR count). The molecule has 1 N–H and O–H groups in total. The minimum atomic E-state index is -0.0372. The molecule has 0 bridgehead atoms. The molecule has 6 nitrogen and oxygen atoms in total. The Balaban J connectivity index is 1.80. The molecule has 1 amide bonds. The first kappa shape index (κ1) is 13.9. The fraction of sp³-hybridized carbons (Fsp3) is 0.467. The average Bonchev–Trinajstić information content (AvgIpc) is 3.17. The van der Waals surface area contributed by atoms with Crippen LogP contribution in [-0.2, 0) is 0 Å². The van der Waals surface area contributed by atoms with Gasteiger partial charge in [0.25, 0.3) is 5.91 Å². The van der Waals surface area contributed by atoms with Gasteiger partial charge in [-0.25, -0.2) is 4.98 Å². The van der Waals surface area contributed by atoms with Crippen molar-refractivity contribution in [3.63, 3.8) is 0 Å². The summed E-state index contributed by atoms with van der Waals surface area (Å²) in [5.41, 5.74) is 0.882. The summed E-state index contributed by atoms with van der Waals surface area (Å²) < 4.78 is 5.33. The Hall–Kier alpha value is -2.08. The van der Waals surface area contributed by atoms with Gasteiger partial charge in [-0.05, 0) is 19.5 Å². The quantitative estimate of drug-likeness (QED) is 0.936. The third kappa shape index (κ3) is 2.58. The first-order chi connectivity index (χ1) is 10.2. The predicted molar refractivity (Wildman–Crippen MR) is 77.9 cm³/mol. The number of aromatic nitrogens is 2. The molecule has 0 aromatic carbocycles. The first-order valence-electron chi connectivity index (χ1n) is 7.27. The van der Waals surface area contributed by atoms with Crippen LogP contribution >= 0.6 is 0 Å². The van der Waals surface area contributed by atoms with Gasteiger partial charge in [0.15, 0.2) is 5.76 Å². The predicted octanol–water partition coefficient (Wildman–Crippen LogP) is 1.83. The highest BCUT2D eigenvalue weighted by molar-refractivity contribution is 5.92. The molecule has 1 atom stereocenters. The van der Waals surface area contributed by atoms with E-state index >= 15 is 0 Å². The zero-order valence-electron chi connectivity index (χ0n) is 12.4.